The van der Waals surface area contributed by atoms with E-state index in [4.69, 9.17) is 16.3 Å². The highest BCUT2D eigenvalue weighted by molar-refractivity contribution is 6.30. The fourth-order valence-electron chi connectivity index (χ4n) is 1.13. The predicted molar refractivity (Wildman–Crippen MR) is 44.9 cm³/mol. The van der Waals surface area contributed by atoms with E-state index in [9.17, 15) is 4.39 Å². The van der Waals surface area contributed by atoms with Crippen LogP contribution in [0.4, 0.5) is 4.39 Å². The van der Waals surface area contributed by atoms with Gasteiger partial charge in [-0.15, -0.1) is 0 Å². The van der Waals surface area contributed by atoms with E-state index in [-0.39, 0.29) is 11.9 Å². The molecule has 1 aromatic rings. The van der Waals surface area contributed by atoms with E-state index in [2.05, 4.69) is 0 Å². The second-order valence-electron chi connectivity index (χ2n) is 2.90. The Kier molecular flexibility index (Phi) is 2.03. The van der Waals surface area contributed by atoms with Crippen molar-refractivity contribution in [2.24, 2.45) is 0 Å². The van der Waals surface area contributed by atoms with Crippen LogP contribution in [0.3, 0.4) is 0 Å². The van der Waals surface area contributed by atoms with Gasteiger partial charge in [0.1, 0.15) is 5.82 Å². The number of halogens is 2. The van der Waals surface area contributed by atoms with Crippen LogP contribution in [0.5, 0.6) is 0 Å². The minimum absolute atomic E-state index is 0.199. The van der Waals surface area contributed by atoms with Gasteiger partial charge >= 0.3 is 0 Å². The van der Waals surface area contributed by atoms with Crippen molar-refractivity contribution in [3.05, 3.63) is 34.6 Å². The maximum atomic E-state index is 13.0. The summed E-state index contributed by atoms with van der Waals surface area (Å²) in [5.41, 5.74) is 0.644. The molecular weight excluding hydrogens is 179 g/mol. The standard InChI is InChI=1S/C9H8ClFO/c10-7-1-2-9(11)6(3-7)4-8-5-12-8/h1-3,8H,4-5H2. The number of hydrogen-bond acceptors (Lipinski definition) is 1. The van der Waals surface area contributed by atoms with Crippen molar-refractivity contribution in [2.75, 3.05) is 6.61 Å². The van der Waals surface area contributed by atoms with E-state index in [1.807, 2.05) is 0 Å². The molecule has 1 heterocycles. The third kappa shape index (κ3) is 1.76. The van der Waals surface area contributed by atoms with Gasteiger partial charge in [0, 0.05) is 11.4 Å². The van der Waals surface area contributed by atoms with Crippen LogP contribution in [0.25, 0.3) is 0 Å². The maximum absolute atomic E-state index is 13.0. The zero-order valence-corrected chi connectivity index (χ0v) is 7.14. The third-order valence-electron chi connectivity index (χ3n) is 1.86. The Morgan fingerprint density at radius 2 is 2.33 bits per heavy atom. The quantitative estimate of drug-likeness (QED) is 0.647. The van der Waals surface area contributed by atoms with Gasteiger partial charge in [0.15, 0.2) is 0 Å². The largest absolute Gasteiger partial charge is 0.373 e. The van der Waals surface area contributed by atoms with E-state index in [1.165, 1.54) is 6.07 Å². The molecule has 2 rings (SSSR count). The second kappa shape index (κ2) is 3.04. The summed E-state index contributed by atoms with van der Waals surface area (Å²) in [6.07, 6.45) is 0.838. The van der Waals surface area contributed by atoms with Gasteiger partial charge in [-0.2, -0.15) is 0 Å². The summed E-state index contributed by atoms with van der Waals surface area (Å²) in [7, 11) is 0. The summed E-state index contributed by atoms with van der Waals surface area (Å²) < 4.78 is 18.0. The first-order valence-electron chi connectivity index (χ1n) is 3.81. The second-order valence-corrected chi connectivity index (χ2v) is 3.33. The smallest absolute Gasteiger partial charge is 0.126 e. The van der Waals surface area contributed by atoms with Crippen LogP contribution in [0.1, 0.15) is 5.56 Å². The van der Waals surface area contributed by atoms with Gasteiger partial charge in [-0.05, 0) is 23.8 Å². The highest BCUT2D eigenvalue weighted by Crippen LogP contribution is 2.21. The summed E-state index contributed by atoms with van der Waals surface area (Å²) in [6, 6.07) is 4.59. The maximum Gasteiger partial charge on any atom is 0.126 e. The average molecular weight is 187 g/mol. The molecule has 1 fully saturated rings. The van der Waals surface area contributed by atoms with E-state index in [1.54, 1.807) is 12.1 Å². The summed E-state index contributed by atoms with van der Waals surface area (Å²) in [5, 5.41) is 0.576. The molecule has 3 heteroatoms. The molecule has 1 aliphatic rings. The number of benzene rings is 1. The Morgan fingerprint density at radius 3 is 3.00 bits per heavy atom. The molecule has 1 saturated heterocycles. The molecule has 0 aromatic heterocycles. The lowest BCUT2D eigenvalue weighted by Gasteiger charge is -2.00. The first-order valence-corrected chi connectivity index (χ1v) is 4.19. The molecule has 1 atom stereocenters. The lowest BCUT2D eigenvalue weighted by atomic mass is 10.1. The lowest BCUT2D eigenvalue weighted by Crippen LogP contribution is -1.96. The zero-order valence-electron chi connectivity index (χ0n) is 6.39. The summed E-state index contributed by atoms with van der Waals surface area (Å²) in [4.78, 5) is 0. The third-order valence-corrected chi connectivity index (χ3v) is 2.09. The number of hydrogen-bond donors (Lipinski definition) is 0. The van der Waals surface area contributed by atoms with Gasteiger partial charge in [-0.25, -0.2) is 4.39 Å². The molecule has 0 spiro atoms. The van der Waals surface area contributed by atoms with Crippen molar-refractivity contribution in [3.63, 3.8) is 0 Å². The SMILES string of the molecule is Fc1ccc(Cl)cc1CC1CO1. The van der Waals surface area contributed by atoms with Crippen LogP contribution in [-0.4, -0.2) is 12.7 Å². The number of rotatable bonds is 2. The fraction of sp³-hybridized carbons (Fsp3) is 0.333. The van der Waals surface area contributed by atoms with Gasteiger partial charge in [-0.1, -0.05) is 11.6 Å². The Morgan fingerprint density at radius 1 is 1.58 bits per heavy atom. The fourth-order valence-corrected chi connectivity index (χ4v) is 1.33. The molecule has 0 amide bonds. The van der Waals surface area contributed by atoms with Crippen LogP contribution in [0.2, 0.25) is 5.02 Å². The molecule has 1 unspecified atom stereocenters. The van der Waals surface area contributed by atoms with Gasteiger partial charge in [0.25, 0.3) is 0 Å². The van der Waals surface area contributed by atoms with Crippen LogP contribution in [0, 0.1) is 5.82 Å². The molecule has 0 aliphatic carbocycles. The summed E-state index contributed by atoms with van der Waals surface area (Å²) in [6.45, 7) is 0.742. The van der Waals surface area contributed by atoms with E-state index >= 15 is 0 Å². The highest BCUT2D eigenvalue weighted by Gasteiger charge is 2.23. The van der Waals surface area contributed by atoms with Crippen molar-refractivity contribution >= 4 is 11.6 Å². The van der Waals surface area contributed by atoms with Crippen LogP contribution in [-0.2, 0) is 11.2 Å². The molecular formula is C9H8ClFO. The van der Waals surface area contributed by atoms with E-state index in [0.717, 1.165) is 6.61 Å². The minimum Gasteiger partial charge on any atom is -0.373 e. The van der Waals surface area contributed by atoms with Gasteiger partial charge in [0.05, 0.1) is 12.7 Å². The normalized spacial score (nSPS) is 21.0. The van der Waals surface area contributed by atoms with Crippen molar-refractivity contribution in [2.45, 2.75) is 12.5 Å². The molecule has 1 aromatic carbocycles. The van der Waals surface area contributed by atoms with Crippen molar-refractivity contribution in [1.82, 2.24) is 0 Å². The topological polar surface area (TPSA) is 12.5 Å². The highest BCUT2D eigenvalue weighted by atomic mass is 35.5. The first-order chi connectivity index (χ1) is 5.75. The molecule has 0 N–H and O–H groups in total. The van der Waals surface area contributed by atoms with E-state index in [0.29, 0.717) is 17.0 Å². The zero-order chi connectivity index (χ0) is 8.55. The molecule has 64 valence electrons. The molecule has 12 heavy (non-hydrogen) atoms. The molecule has 1 aliphatic heterocycles. The Labute approximate surface area is 75.1 Å². The predicted octanol–water partition coefficient (Wildman–Crippen LogP) is 2.42. The Balaban J connectivity index is 2.21. The van der Waals surface area contributed by atoms with Gasteiger partial charge in [0.2, 0.25) is 0 Å². The van der Waals surface area contributed by atoms with E-state index < -0.39 is 0 Å². The van der Waals surface area contributed by atoms with Gasteiger partial charge in [-0.3, -0.25) is 0 Å². The van der Waals surface area contributed by atoms with Crippen molar-refractivity contribution in [3.8, 4) is 0 Å². The lowest BCUT2D eigenvalue weighted by molar-refractivity contribution is 0.405. The van der Waals surface area contributed by atoms with Crippen molar-refractivity contribution < 1.29 is 9.13 Å². The monoisotopic (exact) mass is 186 g/mol. The average Bonchev–Trinajstić information content (AvgIpc) is 2.81. The van der Waals surface area contributed by atoms with Crippen LogP contribution in [0.15, 0.2) is 18.2 Å². The molecule has 0 saturated carbocycles. The van der Waals surface area contributed by atoms with Gasteiger partial charge < -0.3 is 4.74 Å². The van der Waals surface area contributed by atoms with Crippen LogP contribution < -0.4 is 0 Å². The molecule has 0 radical (unpaired) electrons. The number of epoxide rings is 1. The Hall–Kier alpha value is -0.600. The van der Waals surface area contributed by atoms with Crippen LogP contribution >= 0.6 is 11.6 Å². The summed E-state index contributed by atoms with van der Waals surface area (Å²) >= 11 is 5.71. The summed E-state index contributed by atoms with van der Waals surface area (Å²) in [5.74, 6) is -0.199. The molecule has 1 nitrogen and oxygen atoms in total. The Bertz CT molecular complexity index is 297. The minimum atomic E-state index is -0.199. The number of ether oxygens (including phenoxy) is 1. The van der Waals surface area contributed by atoms with Crippen molar-refractivity contribution in [1.29, 1.82) is 0 Å². The molecule has 0 bridgehead atoms. The first kappa shape index (κ1) is 8.02.